The molecule has 13 heteroatoms. The van der Waals surface area contributed by atoms with Gasteiger partial charge in [0.1, 0.15) is 17.4 Å². The summed E-state index contributed by atoms with van der Waals surface area (Å²) in [7, 11) is 0. The van der Waals surface area contributed by atoms with E-state index in [0.29, 0.717) is 45.7 Å². The van der Waals surface area contributed by atoms with Gasteiger partial charge >= 0.3 is 6.36 Å². The largest absolute Gasteiger partial charge is 0.573 e. The molecule has 8 nitrogen and oxygen atoms in total. The van der Waals surface area contributed by atoms with Crippen LogP contribution in [0.1, 0.15) is 17.5 Å². The number of hydrogen-bond donors (Lipinski definition) is 3. The van der Waals surface area contributed by atoms with Crippen LogP contribution in [0.2, 0.25) is 0 Å². The third kappa shape index (κ3) is 8.51. The number of carbonyl (C=O) groups is 1. The fourth-order valence-electron chi connectivity index (χ4n) is 6.39. The highest BCUT2D eigenvalue weighted by Gasteiger charge is 2.31. The number of aryl methyl sites for hydroxylation is 1. The molecule has 0 bridgehead atoms. The first-order valence-corrected chi connectivity index (χ1v) is 16.2. The number of hydrogen-bond acceptors (Lipinski definition) is 6. The second kappa shape index (κ2) is 15.0. The number of nitrogens with one attached hydrogen (secondary N) is 3. The van der Waals surface area contributed by atoms with Crippen LogP contribution >= 0.6 is 0 Å². The van der Waals surface area contributed by atoms with Crippen LogP contribution in [0.4, 0.5) is 22.0 Å². The van der Waals surface area contributed by atoms with E-state index < -0.39 is 18.0 Å². The Bertz CT molecular complexity index is 1680. The summed E-state index contributed by atoms with van der Waals surface area (Å²) in [5.74, 6) is -1.39. The molecule has 2 aliphatic rings. The summed E-state index contributed by atoms with van der Waals surface area (Å²) in [4.78, 5) is 16.9. The highest BCUT2D eigenvalue weighted by atomic mass is 19.4. The van der Waals surface area contributed by atoms with Crippen LogP contribution in [0.15, 0.2) is 66.9 Å². The molecule has 256 valence electrons. The second-order valence-corrected chi connectivity index (χ2v) is 12.3. The number of aromatic nitrogens is 1. The van der Waals surface area contributed by atoms with Crippen molar-refractivity contribution in [1.29, 1.82) is 0 Å². The van der Waals surface area contributed by atoms with Crippen molar-refractivity contribution in [2.75, 3.05) is 52.4 Å². The zero-order chi connectivity index (χ0) is 33.7. The molecule has 3 aromatic carbocycles. The predicted molar refractivity (Wildman–Crippen MR) is 173 cm³/mol. The van der Waals surface area contributed by atoms with E-state index in [9.17, 15) is 26.7 Å². The zero-order valence-corrected chi connectivity index (χ0v) is 26.5. The maximum atomic E-state index is 14.2. The Hall–Kier alpha value is -4.04. The van der Waals surface area contributed by atoms with Gasteiger partial charge in [0.15, 0.2) is 0 Å². The minimum atomic E-state index is -4.77. The number of alkyl halides is 3. The second-order valence-electron chi connectivity index (χ2n) is 12.3. The van der Waals surface area contributed by atoms with Gasteiger partial charge in [-0.25, -0.2) is 8.78 Å². The molecule has 6 rings (SSSR count). The van der Waals surface area contributed by atoms with Gasteiger partial charge in [0.2, 0.25) is 5.91 Å². The Morgan fingerprint density at radius 3 is 2.29 bits per heavy atom. The van der Waals surface area contributed by atoms with Crippen molar-refractivity contribution in [3.63, 3.8) is 0 Å². The first-order valence-electron chi connectivity index (χ1n) is 16.2. The zero-order valence-electron chi connectivity index (χ0n) is 26.5. The van der Waals surface area contributed by atoms with Gasteiger partial charge in [0.25, 0.3) is 0 Å². The normalized spacial score (nSPS) is 17.9. The molecule has 3 N–H and O–H groups in total. The first kappa shape index (κ1) is 33.8. The van der Waals surface area contributed by atoms with Gasteiger partial charge in [-0.3, -0.25) is 14.6 Å². The number of ether oxygens (including phenoxy) is 1. The van der Waals surface area contributed by atoms with Crippen LogP contribution in [0.25, 0.3) is 22.0 Å². The number of carbonyl (C=O) groups excluding carboxylic acids is 1. The van der Waals surface area contributed by atoms with Gasteiger partial charge in [0, 0.05) is 100 Å². The monoisotopic (exact) mass is 670 g/mol. The lowest BCUT2D eigenvalue weighted by atomic mass is 10.0. The number of fused-ring (bicyclic) bond motifs is 1. The Balaban J connectivity index is 1.15. The van der Waals surface area contributed by atoms with E-state index in [1.54, 1.807) is 12.1 Å². The highest BCUT2D eigenvalue weighted by molar-refractivity contribution is 5.96. The van der Waals surface area contributed by atoms with Crippen LogP contribution in [-0.4, -0.2) is 85.0 Å². The summed E-state index contributed by atoms with van der Waals surface area (Å²) in [6.07, 6.45) is -2.08. The smallest absolute Gasteiger partial charge is 0.406 e. The molecular weight excluding hydrogens is 631 g/mol. The molecule has 0 saturated carbocycles. The molecule has 2 aliphatic heterocycles. The van der Waals surface area contributed by atoms with E-state index >= 15 is 0 Å². The Morgan fingerprint density at radius 2 is 1.62 bits per heavy atom. The van der Waals surface area contributed by atoms with E-state index in [1.165, 1.54) is 30.3 Å². The molecule has 1 aromatic heterocycles. The van der Waals surface area contributed by atoms with Gasteiger partial charge in [-0.05, 0) is 53.9 Å². The molecule has 2 fully saturated rings. The molecule has 0 spiro atoms. The fraction of sp³-hybridized carbons (Fsp3) is 0.400. The van der Waals surface area contributed by atoms with E-state index in [1.807, 2.05) is 6.20 Å². The van der Waals surface area contributed by atoms with Crippen LogP contribution in [-0.2, 0) is 24.4 Å². The molecule has 48 heavy (non-hydrogen) atoms. The maximum absolute atomic E-state index is 14.2. The lowest BCUT2D eigenvalue weighted by molar-refractivity contribution is -0.274. The summed E-state index contributed by atoms with van der Waals surface area (Å²) in [5, 5.41) is 10.4. The Morgan fingerprint density at radius 1 is 0.917 bits per heavy atom. The average molecular weight is 671 g/mol. The topological polar surface area (TPSA) is 73.8 Å². The van der Waals surface area contributed by atoms with Crippen molar-refractivity contribution in [1.82, 2.24) is 30.3 Å². The van der Waals surface area contributed by atoms with Crippen LogP contribution in [0, 0.1) is 11.6 Å². The molecule has 4 aromatic rings. The first-order chi connectivity index (χ1) is 23.1. The Kier molecular flexibility index (Phi) is 10.6. The fourth-order valence-corrected chi connectivity index (χ4v) is 6.39. The summed E-state index contributed by atoms with van der Waals surface area (Å²) < 4.78 is 72.9. The Labute approximate surface area is 275 Å². The van der Waals surface area contributed by atoms with Crippen molar-refractivity contribution in [2.45, 2.75) is 38.5 Å². The third-order valence-electron chi connectivity index (χ3n) is 8.89. The lowest BCUT2D eigenvalue weighted by Gasteiger charge is -2.34. The summed E-state index contributed by atoms with van der Waals surface area (Å²) >= 11 is 0. The minimum Gasteiger partial charge on any atom is -0.406 e. The standard InChI is InChI=1S/C35H39F5N6O2/c36-30-3-1-4-31(37)29(30)22-45-17-15-44(16-18-45)21-24-5-10-33-27(19-24)28(25-6-8-26(9-7-25)48-35(38,39)40)23-46(33)14-2-11-43-34(47)32-20-41-12-13-42-32/h1,3-10,19,23,32,41-42H,2,11-18,20-22H2,(H,43,47). The van der Waals surface area contributed by atoms with E-state index in [-0.39, 0.29) is 29.8 Å². The number of benzene rings is 3. The van der Waals surface area contributed by atoms with E-state index in [2.05, 4.69) is 53.3 Å². The molecule has 0 aliphatic carbocycles. The van der Waals surface area contributed by atoms with Crippen molar-refractivity contribution < 1.29 is 31.5 Å². The van der Waals surface area contributed by atoms with Crippen molar-refractivity contribution >= 4 is 16.8 Å². The van der Waals surface area contributed by atoms with E-state index in [0.717, 1.165) is 53.8 Å². The van der Waals surface area contributed by atoms with Crippen LogP contribution < -0.4 is 20.7 Å². The number of amides is 1. The SMILES string of the molecule is O=C(NCCCn1cc(-c2ccc(OC(F)(F)F)cc2)c2cc(CN3CCN(Cc4c(F)cccc4F)CC3)ccc21)C1CNCCN1. The minimum absolute atomic E-state index is 0.0358. The molecule has 3 heterocycles. The molecule has 1 amide bonds. The molecule has 2 saturated heterocycles. The van der Waals surface area contributed by atoms with Crippen LogP contribution in [0.5, 0.6) is 5.75 Å². The maximum Gasteiger partial charge on any atom is 0.573 e. The van der Waals surface area contributed by atoms with Gasteiger partial charge in [0.05, 0.1) is 6.04 Å². The summed E-state index contributed by atoms with van der Waals surface area (Å²) in [5.41, 5.74) is 3.78. The van der Waals surface area contributed by atoms with Gasteiger partial charge in [-0.15, -0.1) is 13.2 Å². The number of nitrogens with zero attached hydrogens (tertiary/aromatic N) is 3. The van der Waals surface area contributed by atoms with Gasteiger partial charge in [-0.2, -0.15) is 0 Å². The number of piperazine rings is 2. The predicted octanol–water partition coefficient (Wildman–Crippen LogP) is 4.87. The average Bonchev–Trinajstić information content (AvgIpc) is 3.43. The highest BCUT2D eigenvalue weighted by Crippen LogP contribution is 2.34. The van der Waals surface area contributed by atoms with E-state index in [4.69, 9.17) is 0 Å². The third-order valence-corrected chi connectivity index (χ3v) is 8.89. The molecule has 0 radical (unpaired) electrons. The van der Waals surface area contributed by atoms with Crippen molar-refractivity contribution in [2.24, 2.45) is 0 Å². The number of rotatable bonds is 11. The molecule has 1 unspecified atom stereocenters. The van der Waals surface area contributed by atoms with Gasteiger partial charge < -0.3 is 25.3 Å². The molecular formula is C35H39F5N6O2. The van der Waals surface area contributed by atoms with Gasteiger partial charge in [-0.1, -0.05) is 24.3 Å². The quantitative estimate of drug-likeness (QED) is 0.156. The number of halogens is 5. The van der Waals surface area contributed by atoms with Crippen molar-refractivity contribution in [3.8, 4) is 16.9 Å². The summed E-state index contributed by atoms with van der Waals surface area (Å²) in [6, 6.07) is 15.8. The van der Waals surface area contributed by atoms with Crippen LogP contribution in [0.3, 0.4) is 0 Å². The lowest BCUT2D eigenvalue weighted by Crippen LogP contribution is -2.55. The molecule has 1 atom stereocenters. The summed E-state index contributed by atoms with van der Waals surface area (Å²) in [6.45, 7) is 7.03. The van der Waals surface area contributed by atoms with Crippen molar-refractivity contribution in [3.05, 3.63) is 89.6 Å².